The van der Waals surface area contributed by atoms with Crippen LogP contribution in [0.2, 0.25) is 0 Å². The van der Waals surface area contributed by atoms with Crippen LogP contribution in [-0.2, 0) is 4.74 Å². The minimum absolute atomic E-state index is 0.196. The zero-order chi connectivity index (χ0) is 15.1. The van der Waals surface area contributed by atoms with Gasteiger partial charge < -0.3 is 10.1 Å². The number of amides is 1. The summed E-state index contributed by atoms with van der Waals surface area (Å²) in [6.45, 7) is 0.921. The number of carbonyl (C=O) groups excluding carboxylic acids is 1. The quantitative estimate of drug-likeness (QED) is 0.504. The third-order valence-corrected chi connectivity index (χ3v) is 3.39. The van der Waals surface area contributed by atoms with E-state index in [-0.39, 0.29) is 5.91 Å². The van der Waals surface area contributed by atoms with E-state index in [9.17, 15) is 4.79 Å². The van der Waals surface area contributed by atoms with Gasteiger partial charge in [-0.3, -0.25) is 4.79 Å². The normalized spacial score (nSPS) is 10.4. The molecule has 0 spiro atoms. The summed E-state index contributed by atoms with van der Waals surface area (Å²) in [6, 6.07) is 9.63. The molecule has 1 amide bonds. The molecular formula is C15H17N3O2S. The van der Waals surface area contributed by atoms with Gasteiger partial charge in [0.2, 0.25) is 0 Å². The van der Waals surface area contributed by atoms with Crippen LogP contribution in [-0.4, -0.2) is 42.4 Å². The Labute approximate surface area is 128 Å². The van der Waals surface area contributed by atoms with E-state index in [1.54, 1.807) is 13.3 Å². The highest BCUT2D eigenvalue weighted by Crippen LogP contribution is 2.23. The molecule has 0 unspecified atom stereocenters. The first-order chi connectivity index (χ1) is 10.3. The van der Waals surface area contributed by atoms with Gasteiger partial charge in [0.15, 0.2) is 5.16 Å². The third-order valence-electron chi connectivity index (χ3n) is 2.83. The molecule has 0 bridgehead atoms. The molecule has 0 aliphatic heterocycles. The number of carbonyl (C=O) groups is 1. The Balaban J connectivity index is 2.34. The van der Waals surface area contributed by atoms with E-state index < -0.39 is 0 Å². The van der Waals surface area contributed by atoms with Gasteiger partial charge in [-0.2, -0.15) is 0 Å². The average molecular weight is 303 g/mol. The van der Waals surface area contributed by atoms with Gasteiger partial charge in [0, 0.05) is 25.4 Å². The molecule has 1 N–H and O–H groups in total. The molecule has 21 heavy (non-hydrogen) atoms. The van der Waals surface area contributed by atoms with Crippen LogP contribution in [0.5, 0.6) is 0 Å². The summed E-state index contributed by atoms with van der Waals surface area (Å²) >= 11 is 1.45. The topological polar surface area (TPSA) is 64.1 Å². The largest absolute Gasteiger partial charge is 0.383 e. The van der Waals surface area contributed by atoms with Crippen LogP contribution in [0.15, 0.2) is 41.7 Å². The molecule has 1 heterocycles. The number of benzene rings is 1. The van der Waals surface area contributed by atoms with E-state index in [2.05, 4.69) is 15.3 Å². The minimum atomic E-state index is -0.196. The number of methoxy groups -OCH3 is 1. The van der Waals surface area contributed by atoms with E-state index in [0.717, 1.165) is 5.56 Å². The summed E-state index contributed by atoms with van der Waals surface area (Å²) in [7, 11) is 1.60. The highest BCUT2D eigenvalue weighted by atomic mass is 32.2. The van der Waals surface area contributed by atoms with E-state index in [1.165, 1.54) is 11.8 Å². The van der Waals surface area contributed by atoms with Gasteiger partial charge in [0.25, 0.3) is 5.91 Å². The second-order valence-electron chi connectivity index (χ2n) is 4.23. The molecule has 5 nitrogen and oxygen atoms in total. The van der Waals surface area contributed by atoms with Gasteiger partial charge in [-0.05, 0) is 6.26 Å². The SMILES string of the molecule is COCCNC(=O)c1cnc(SC)nc1-c1ccccc1. The lowest BCUT2D eigenvalue weighted by Gasteiger charge is -2.10. The first kappa shape index (κ1) is 15.5. The Hall–Kier alpha value is -1.92. The Morgan fingerprint density at radius 2 is 2.10 bits per heavy atom. The Kier molecular flexibility index (Phi) is 5.71. The van der Waals surface area contributed by atoms with E-state index in [4.69, 9.17) is 4.74 Å². The van der Waals surface area contributed by atoms with Gasteiger partial charge in [-0.1, -0.05) is 42.1 Å². The molecular weight excluding hydrogens is 286 g/mol. The predicted octanol–water partition coefficient (Wildman–Crippen LogP) is 2.24. The third kappa shape index (κ3) is 4.03. The maximum Gasteiger partial charge on any atom is 0.255 e. The van der Waals surface area contributed by atoms with Crippen molar-refractivity contribution in [3.63, 3.8) is 0 Å². The van der Waals surface area contributed by atoms with E-state index in [1.807, 2.05) is 36.6 Å². The van der Waals surface area contributed by atoms with Crippen LogP contribution in [0.4, 0.5) is 0 Å². The summed E-state index contributed by atoms with van der Waals surface area (Å²) < 4.78 is 4.93. The molecule has 0 radical (unpaired) electrons. The van der Waals surface area contributed by atoms with Crippen molar-refractivity contribution in [2.75, 3.05) is 26.5 Å². The molecule has 0 atom stereocenters. The predicted molar refractivity (Wildman–Crippen MR) is 83.5 cm³/mol. The number of aromatic nitrogens is 2. The fraction of sp³-hybridized carbons (Fsp3) is 0.267. The van der Waals surface area contributed by atoms with Gasteiger partial charge >= 0.3 is 0 Å². The highest BCUT2D eigenvalue weighted by molar-refractivity contribution is 7.98. The van der Waals surface area contributed by atoms with Crippen LogP contribution in [0.3, 0.4) is 0 Å². The second kappa shape index (κ2) is 7.75. The molecule has 110 valence electrons. The van der Waals surface area contributed by atoms with Gasteiger partial charge in [-0.15, -0.1) is 0 Å². The molecule has 1 aromatic heterocycles. The van der Waals surface area contributed by atoms with Crippen molar-refractivity contribution in [1.82, 2.24) is 15.3 Å². The van der Waals surface area contributed by atoms with Crippen LogP contribution >= 0.6 is 11.8 Å². The Morgan fingerprint density at radius 3 is 2.76 bits per heavy atom. The van der Waals surface area contributed by atoms with Crippen molar-refractivity contribution in [3.05, 3.63) is 42.1 Å². The standard InChI is InChI=1S/C15H17N3O2S/c1-20-9-8-16-14(19)12-10-17-15(21-2)18-13(12)11-6-4-3-5-7-11/h3-7,10H,8-9H2,1-2H3,(H,16,19). The molecule has 0 saturated heterocycles. The van der Waals surface area contributed by atoms with Crippen LogP contribution in [0.1, 0.15) is 10.4 Å². The Bertz CT molecular complexity index is 605. The van der Waals surface area contributed by atoms with Crippen molar-refractivity contribution >= 4 is 17.7 Å². The Morgan fingerprint density at radius 1 is 1.33 bits per heavy atom. The van der Waals surface area contributed by atoms with Gasteiger partial charge in [0.05, 0.1) is 17.9 Å². The second-order valence-corrected chi connectivity index (χ2v) is 5.01. The molecule has 2 aromatic rings. The monoisotopic (exact) mass is 303 g/mol. The first-order valence-electron chi connectivity index (χ1n) is 6.50. The molecule has 2 rings (SSSR count). The first-order valence-corrected chi connectivity index (χ1v) is 7.72. The minimum Gasteiger partial charge on any atom is -0.383 e. The van der Waals surface area contributed by atoms with Gasteiger partial charge in [-0.25, -0.2) is 9.97 Å². The molecule has 0 aliphatic rings. The lowest BCUT2D eigenvalue weighted by molar-refractivity contribution is 0.0937. The van der Waals surface area contributed by atoms with Crippen LogP contribution in [0.25, 0.3) is 11.3 Å². The number of ether oxygens (including phenoxy) is 1. The molecule has 1 aromatic carbocycles. The van der Waals surface area contributed by atoms with Crippen molar-refractivity contribution < 1.29 is 9.53 Å². The van der Waals surface area contributed by atoms with Crippen molar-refractivity contribution in [2.24, 2.45) is 0 Å². The number of hydrogen-bond donors (Lipinski definition) is 1. The van der Waals surface area contributed by atoms with E-state index >= 15 is 0 Å². The smallest absolute Gasteiger partial charge is 0.255 e. The maximum absolute atomic E-state index is 12.3. The summed E-state index contributed by atoms with van der Waals surface area (Å²) in [5.74, 6) is -0.196. The average Bonchev–Trinajstić information content (AvgIpc) is 2.55. The lowest BCUT2D eigenvalue weighted by Crippen LogP contribution is -2.27. The number of thioether (sulfide) groups is 1. The van der Waals surface area contributed by atoms with E-state index in [0.29, 0.717) is 29.6 Å². The summed E-state index contributed by atoms with van der Waals surface area (Å²) in [6.07, 6.45) is 3.48. The number of nitrogens with one attached hydrogen (secondary N) is 1. The van der Waals surface area contributed by atoms with Gasteiger partial charge in [0.1, 0.15) is 0 Å². The molecule has 6 heteroatoms. The van der Waals surface area contributed by atoms with Crippen LogP contribution < -0.4 is 5.32 Å². The zero-order valence-electron chi connectivity index (χ0n) is 12.0. The summed E-state index contributed by atoms with van der Waals surface area (Å²) in [5, 5.41) is 3.44. The molecule has 0 aliphatic carbocycles. The highest BCUT2D eigenvalue weighted by Gasteiger charge is 2.15. The number of hydrogen-bond acceptors (Lipinski definition) is 5. The summed E-state index contributed by atoms with van der Waals surface area (Å²) in [4.78, 5) is 20.9. The fourth-order valence-corrected chi connectivity index (χ4v) is 2.15. The van der Waals surface area contributed by atoms with Crippen molar-refractivity contribution in [2.45, 2.75) is 5.16 Å². The molecule has 0 saturated carbocycles. The van der Waals surface area contributed by atoms with Crippen molar-refractivity contribution in [3.8, 4) is 11.3 Å². The fourth-order valence-electron chi connectivity index (χ4n) is 1.81. The van der Waals surface area contributed by atoms with Crippen molar-refractivity contribution in [1.29, 1.82) is 0 Å². The zero-order valence-corrected chi connectivity index (χ0v) is 12.8. The number of rotatable bonds is 6. The maximum atomic E-state index is 12.3. The van der Waals surface area contributed by atoms with Crippen LogP contribution in [0, 0.1) is 0 Å². The number of nitrogens with zero attached hydrogens (tertiary/aromatic N) is 2. The lowest BCUT2D eigenvalue weighted by atomic mass is 10.1. The molecule has 0 fully saturated rings. The summed E-state index contributed by atoms with van der Waals surface area (Å²) in [5.41, 5.74) is 2.01.